The first-order valence-corrected chi connectivity index (χ1v) is 14.9. The first-order chi connectivity index (χ1) is 20.5. The number of ether oxygens (including phenoxy) is 2. The lowest BCUT2D eigenvalue weighted by atomic mass is 9.93. The standard InChI is InChI=1S/C35H29ClFN3O2/c36-29-11-23(18-40-35-14-24-13-34(24,35)20-35)32(41-19-22-10-21(15-38)16-39-17-22)12-33(29)42-31-9-8-26-25(5-3-6-28(26)31)27-4-1-2-7-30(27)37/h1-7,10-12,16-17,24,31,40H,8-9,13-14,18-20H2/t24?,31-,34?,35?/m0/s1. The molecule has 1 aromatic heterocycles. The van der Waals surface area contributed by atoms with E-state index in [1.807, 2.05) is 36.4 Å². The number of aromatic nitrogens is 1. The van der Waals surface area contributed by atoms with Crippen LogP contribution in [-0.2, 0) is 19.6 Å². The third-order valence-electron chi connectivity index (χ3n) is 9.97. The molecule has 0 bridgehead atoms. The third kappa shape index (κ3) is 4.10. The van der Waals surface area contributed by atoms with E-state index in [0.29, 0.717) is 45.1 Å². The molecule has 42 heavy (non-hydrogen) atoms. The maximum absolute atomic E-state index is 14.7. The molecule has 3 aromatic carbocycles. The van der Waals surface area contributed by atoms with E-state index in [9.17, 15) is 9.65 Å². The number of pyridine rings is 1. The summed E-state index contributed by atoms with van der Waals surface area (Å²) >= 11 is 6.85. The molecule has 3 saturated carbocycles. The second-order valence-corrected chi connectivity index (χ2v) is 12.7. The molecule has 0 amide bonds. The Balaban J connectivity index is 1.07. The fourth-order valence-corrected chi connectivity index (χ4v) is 7.87. The Morgan fingerprint density at radius 1 is 1.05 bits per heavy atom. The van der Waals surface area contributed by atoms with E-state index < -0.39 is 0 Å². The highest BCUT2D eigenvalue weighted by molar-refractivity contribution is 6.32. The van der Waals surface area contributed by atoms with Crippen molar-refractivity contribution in [3.05, 3.63) is 112 Å². The molecule has 210 valence electrons. The number of hydrogen-bond donors (Lipinski definition) is 1. The summed E-state index contributed by atoms with van der Waals surface area (Å²) in [6.45, 7) is 0.935. The van der Waals surface area contributed by atoms with Crippen LogP contribution < -0.4 is 14.8 Å². The number of rotatable bonds is 9. The maximum Gasteiger partial charge on any atom is 0.142 e. The van der Waals surface area contributed by atoms with Crippen molar-refractivity contribution in [3.8, 4) is 28.7 Å². The van der Waals surface area contributed by atoms with Gasteiger partial charge in [-0.3, -0.25) is 4.98 Å². The van der Waals surface area contributed by atoms with Gasteiger partial charge in [-0.25, -0.2) is 4.39 Å². The second kappa shape index (κ2) is 9.55. The van der Waals surface area contributed by atoms with Crippen molar-refractivity contribution in [2.75, 3.05) is 0 Å². The second-order valence-electron chi connectivity index (χ2n) is 12.2. The van der Waals surface area contributed by atoms with Crippen LogP contribution >= 0.6 is 11.6 Å². The van der Waals surface area contributed by atoms with Gasteiger partial charge in [0.1, 0.15) is 36.1 Å². The van der Waals surface area contributed by atoms with Gasteiger partial charge in [0.2, 0.25) is 0 Å². The predicted octanol–water partition coefficient (Wildman–Crippen LogP) is 7.70. The molecule has 1 heterocycles. The van der Waals surface area contributed by atoms with Crippen LogP contribution in [0.2, 0.25) is 5.02 Å². The Morgan fingerprint density at radius 2 is 1.93 bits per heavy atom. The number of fused-ring (bicyclic) bond motifs is 1. The van der Waals surface area contributed by atoms with Crippen molar-refractivity contribution in [3.63, 3.8) is 0 Å². The minimum Gasteiger partial charge on any atom is -0.488 e. The van der Waals surface area contributed by atoms with Gasteiger partial charge in [-0.05, 0) is 78.3 Å². The van der Waals surface area contributed by atoms with Crippen LogP contribution in [0.3, 0.4) is 0 Å². The van der Waals surface area contributed by atoms with Gasteiger partial charge < -0.3 is 14.8 Å². The molecule has 5 nitrogen and oxygen atoms in total. The quantitative estimate of drug-likeness (QED) is 0.221. The number of hydrogen-bond acceptors (Lipinski definition) is 5. The van der Waals surface area contributed by atoms with E-state index in [1.54, 1.807) is 24.5 Å². The number of nitrogens with zero attached hydrogens (tertiary/aromatic N) is 2. The Kier molecular flexibility index (Phi) is 5.86. The maximum atomic E-state index is 14.7. The molecular formula is C35H29ClFN3O2. The molecule has 4 atom stereocenters. The summed E-state index contributed by atoms with van der Waals surface area (Å²) in [7, 11) is 0. The Morgan fingerprint density at radius 3 is 2.71 bits per heavy atom. The average Bonchev–Trinajstić information content (AvgIpc) is 3.66. The van der Waals surface area contributed by atoms with E-state index in [4.69, 9.17) is 21.1 Å². The van der Waals surface area contributed by atoms with Crippen molar-refractivity contribution in [2.24, 2.45) is 11.3 Å². The molecule has 3 unspecified atom stereocenters. The summed E-state index contributed by atoms with van der Waals surface area (Å²) < 4.78 is 27.6. The molecule has 0 radical (unpaired) electrons. The molecule has 7 heteroatoms. The Bertz CT molecular complexity index is 1780. The van der Waals surface area contributed by atoms with E-state index in [2.05, 4.69) is 22.4 Å². The van der Waals surface area contributed by atoms with Gasteiger partial charge in [-0.2, -0.15) is 5.26 Å². The average molecular weight is 578 g/mol. The summed E-state index contributed by atoms with van der Waals surface area (Å²) in [5.74, 6) is 1.95. The van der Waals surface area contributed by atoms with Gasteiger partial charge in [-0.15, -0.1) is 0 Å². The van der Waals surface area contributed by atoms with Crippen LogP contribution in [-0.4, -0.2) is 10.5 Å². The van der Waals surface area contributed by atoms with E-state index in [-0.39, 0.29) is 18.5 Å². The van der Waals surface area contributed by atoms with Crippen LogP contribution in [0.4, 0.5) is 4.39 Å². The summed E-state index contributed by atoms with van der Waals surface area (Å²) in [6.07, 6.45) is 8.52. The Labute approximate surface area is 249 Å². The van der Waals surface area contributed by atoms with Gasteiger partial charge in [0.05, 0.1) is 10.6 Å². The van der Waals surface area contributed by atoms with Crippen LogP contribution in [0.5, 0.6) is 11.5 Å². The van der Waals surface area contributed by atoms with Gasteiger partial charge in [0.15, 0.2) is 0 Å². The summed E-state index contributed by atoms with van der Waals surface area (Å²) in [4.78, 5) is 4.17. The highest BCUT2D eigenvalue weighted by Gasteiger charge is 2.88. The first-order valence-electron chi connectivity index (χ1n) is 14.6. The summed E-state index contributed by atoms with van der Waals surface area (Å²) in [5, 5.41) is 13.6. The fraction of sp³-hybridized carbons (Fsp3) is 0.314. The zero-order valence-corrected chi connectivity index (χ0v) is 23.8. The number of halogens is 2. The monoisotopic (exact) mass is 577 g/mol. The van der Waals surface area contributed by atoms with Crippen molar-refractivity contribution in [2.45, 2.75) is 56.9 Å². The number of nitrogens with one attached hydrogen (secondary N) is 1. The van der Waals surface area contributed by atoms with Crippen LogP contribution in [0.25, 0.3) is 11.1 Å². The van der Waals surface area contributed by atoms with E-state index in [0.717, 1.165) is 46.6 Å². The van der Waals surface area contributed by atoms with Crippen LogP contribution in [0, 0.1) is 28.5 Å². The summed E-state index contributed by atoms with van der Waals surface area (Å²) in [5.41, 5.74) is 6.84. The minimum absolute atomic E-state index is 0.204. The molecule has 8 rings (SSSR count). The number of benzene rings is 3. The van der Waals surface area contributed by atoms with Crippen molar-refractivity contribution < 1.29 is 13.9 Å². The molecular weight excluding hydrogens is 549 g/mol. The molecule has 1 spiro atoms. The number of nitriles is 1. The highest BCUT2D eigenvalue weighted by atomic mass is 35.5. The Hall–Kier alpha value is -3.92. The first kappa shape index (κ1) is 25.8. The molecule has 4 aliphatic carbocycles. The SMILES string of the molecule is N#Cc1cncc(COc2cc(O[C@H]3CCc4c(-c5ccccc5F)cccc43)c(Cl)cc2CNC23CC4CC42C3)c1. The van der Waals surface area contributed by atoms with Crippen molar-refractivity contribution in [1.29, 1.82) is 5.26 Å². The zero-order chi connectivity index (χ0) is 28.5. The fourth-order valence-electron chi connectivity index (χ4n) is 7.64. The van der Waals surface area contributed by atoms with Gasteiger partial charge >= 0.3 is 0 Å². The largest absolute Gasteiger partial charge is 0.488 e. The molecule has 4 aromatic rings. The molecule has 0 aliphatic heterocycles. The van der Waals surface area contributed by atoms with Crippen LogP contribution in [0.1, 0.15) is 59.6 Å². The van der Waals surface area contributed by atoms with Gasteiger partial charge in [0.25, 0.3) is 0 Å². The van der Waals surface area contributed by atoms with Crippen LogP contribution in [0.15, 0.2) is 73.1 Å². The topological polar surface area (TPSA) is 67.2 Å². The van der Waals surface area contributed by atoms with Crippen molar-refractivity contribution >= 4 is 11.6 Å². The van der Waals surface area contributed by atoms with Crippen molar-refractivity contribution in [1.82, 2.24) is 10.3 Å². The third-order valence-corrected chi connectivity index (χ3v) is 10.3. The van der Waals surface area contributed by atoms with E-state index >= 15 is 0 Å². The van der Waals surface area contributed by atoms with Gasteiger partial charge in [-0.1, -0.05) is 48.0 Å². The molecule has 3 fully saturated rings. The van der Waals surface area contributed by atoms with E-state index in [1.165, 1.54) is 25.3 Å². The lowest BCUT2D eigenvalue weighted by molar-refractivity contribution is 0.206. The minimum atomic E-state index is -0.226. The smallest absolute Gasteiger partial charge is 0.142 e. The lowest BCUT2D eigenvalue weighted by Gasteiger charge is -2.27. The lowest BCUT2D eigenvalue weighted by Crippen LogP contribution is -2.39. The van der Waals surface area contributed by atoms with Gasteiger partial charge in [0, 0.05) is 47.2 Å². The molecule has 0 saturated heterocycles. The zero-order valence-electron chi connectivity index (χ0n) is 23.0. The predicted molar refractivity (Wildman–Crippen MR) is 158 cm³/mol. The molecule has 1 N–H and O–H groups in total. The normalized spacial score (nSPS) is 25.8. The summed E-state index contributed by atoms with van der Waals surface area (Å²) in [6, 6.07) is 20.7. The molecule has 4 aliphatic rings. The highest BCUT2D eigenvalue weighted by Crippen LogP contribution is 2.89.